The molecule has 0 aliphatic rings. The lowest BCUT2D eigenvalue weighted by molar-refractivity contribution is 0.0697. The molecule has 0 amide bonds. The van der Waals surface area contributed by atoms with E-state index in [9.17, 15) is 15.2 Å². The molecule has 0 spiro atoms. The summed E-state index contributed by atoms with van der Waals surface area (Å²) in [6.45, 7) is 0. The highest BCUT2D eigenvalue weighted by Crippen LogP contribution is 2.47. The summed E-state index contributed by atoms with van der Waals surface area (Å²) in [6.07, 6.45) is 0. The van der Waals surface area contributed by atoms with Crippen LogP contribution in [0.1, 0.15) is 15.9 Å². The lowest BCUT2D eigenvalue weighted by Crippen LogP contribution is -2.04. The second-order valence-electron chi connectivity index (χ2n) is 4.90. The first-order valence-corrected chi connectivity index (χ1v) is 7.17. The molecular weight excluding hydrogens is 326 g/mol. The van der Waals surface area contributed by atoms with Crippen LogP contribution in [0.15, 0.2) is 24.3 Å². The molecule has 0 aliphatic carbocycles. The summed E-state index contributed by atoms with van der Waals surface area (Å²) in [5, 5.41) is 19.1. The first-order chi connectivity index (χ1) is 12.0. The van der Waals surface area contributed by atoms with Crippen molar-refractivity contribution in [2.45, 2.75) is 0 Å². The highest BCUT2D eigenvalue weighted by molar-refractivity contribution is 5.99. The highest BCUT2D eigenvalue weighted by Gasteiger charge is 2.25. The number of hydrogen-bond donors (Lipinski definition) is 1. The van der Waals surface area contributed by atoms with E-state index in [0.717, 1.165) is 0 Å². The van der Waals surface area contributed by atoms with Crippen LogP contribution in [0.5, 0.6) is 23.0 Å². The lowest BCUT2D eigenvalue weighted by atomic mass is 9.93. The minimum Gasteiger partial charge on any atom is -0.497 e. The van der Waals surface area contributed by atoms with Gasteiger partial charge in [0.2, 0.25) is 5.75 Å². The van der Waals surface area contributed by atoms with Gasteiger partial charge in [0, 0.05) is 17.2 Å². The van der Waals surface area contributed by atoms with E-state index in [1.165, 1.54) is 40.6 Å². The van der Waals surface area contributed by atoms with Gasteiger partial charge in [0.15, 0.2) is 11.5 Å². The number of benzene rings is 2. The zero-order valence-corrected chi connectivity index (χ0v) is 14.2. The Kier molecular flexibility index (Phi) is 5.35. The number of nitrogens with zero attached hydrogens (tertiary/aromatic N) is 1. The van der Waals surface area contributed by atoms with Gasteiger partial charge in [-0.3, -0.25) is 0 Å². The number of rotatable bonds is 6. The molecule has 0 saturated heterocycles. The maximum absolute atomic E-state index is 11.7. The van der Waals surface area contributed by atoms with Crippen LogP contribution in [-0.4, -0.2) is 39.5 Å². The Labute approximate surface area is 144 Å². The fraction of sp³-hybridized carbons (Fsp3) is 0.222. The van der Waals surface area contributed by atoms with Crippen molar-refractivity contribution in [2.24, 2.45) is 0 Å². The van der Waals surface area contributed by atoms with Crippen LogP contribution in [0.25, 0.3) is 11.1 Å². The third kappa shape index (κ3) is 3.15. The van der Waals surface area contributed by atoms with Gasteiger partial charge in [-0.2, -0.15) is 5.26 Å². The summed E-state index contributed by atoms with van der Waals surface area (Å²) in [5.41, 5.74) is 0.786. The van der Waals surface area contributed by atoms with Gasteiger partial charge in [-0.05, 0) is 18.2 Å². The Morgan fingerprint density at radius 1 is 1.00 bits per heavy atom. The maximum Gasteiger partial charge on any atom is 0.336 e. The maximum atomic E-state index is 11.7. The Balaban J connectivity index is 2.92. The van der Waals surface area contributed by atoms with Crippen molar-refractivity contribution in [1.29, 1.82) is 5.26 Å². The van der Waals surface area contributed by atoms with Crippen LogP contribution in [0.4, 0.5) is 0 Å². The van der Waals surface area contributed by atoms with Crippen LogP contribution in [-0.2, 0) is 0 Å². The lowest BCUT2D eigenvalue weighted by Gasteiger charge is -2.18. The van der Waals surface area contributed by atoms with Gasteiger partial charge in [-0.15, -0.1) is 0 Å². The van der Waals surface area contributed by atoms with Gasteiger partial charge >= 0.3 is 5.97 Å². The fourth-order valence-corrected chi connectivity index (χ4v) is 2.56. The number of nitriles is 1. The average Bonchev–Trinajstić information content (AvgIpc) is 2.65. The molecule has 7 heteroatoms. The number of carboxylic acid groups (broad SMARTS) is 1. The highest BCUT2D eigenvalue weighted by atomic mass is 16.5. The van der Waals surface area contributed by atoms with Crippen molar-refractivity contribution in [3.63, 3.8) is 0 Å². The second-order valence-corrected chi connectivity index (χ2v) is 4.90. The monoisotopic (exact) mass is 343 g/mol. The fourth-order valence-electron chi connectivity index (χ4n) is 2.56. The first-order valence-electron chi connectivity index (χ1n) is 7.17. The van der Waals surface area contributed by atoms with E-state index in [2.05, 4.69) is 0 Å². The molecule has 0 aliphatic heterocycles. The summed E-state index contributed by atoms with van der Waals surface area (Å²) >= 11 is 0. The molecule has 130 valence electrons. The van der Waals surface area contributed by atoms with Crippen molar-refractivity contribution in [3.05, 3.63) is 35.4 Å². The van der Waals surface area contributed by atoms with Crippen molar-refractivity contribution in [2.75, 3.05) is 28.4 Å². The second kappa shape index (κ2) is 7.45. The molecule has 0 unspecified atom stereocenters. The Morgan fingerprint density at radius 3 is 2.16 bits per heavy atom. The smallest absolute Gasteiger partial charge is 0.336 e. The van der Waals surface area contributed by atoms with Gasteiger partial charge in [-0.1, -0.05) is 0 Å². The van der Waals surface area contributed by atoms with Gasteiger partial charge in [-0.25, -0.2) is 4.79 Å². The van der Waals surface area contributed by atoms with Gasteiger partial charge in [0.05, 0.1) is 39.6 Å². The number of ether oxygens (including phenoxy) is 4. The number of carbonyl (C=O) groups is 1. The van der Waals surface area contributed by atoms with Crippen LogP contribution < -0.4 is 18.9 Å². The number of hydrogen-bond acceptors (Lipinski definition) is 6. The van der Waals surface area contributed by atoms with Crippen LogP contribution >= 0.6 is 0 Å². The summed E-state index contributed by atoms with van der Waals surface area (Å²) in [5.74, 6) is 0.0241. The van der Waals surface area contributed by atoms with E-state index in [4.69, 9.17) is 18.9 Å². The molecule has 0 aromatic heterocycles. The Hall–Kier alpha value is -3.40. The van der Waals surface area contributed by atoms with Gasteiger partial charge in [0.25, 0.3) is 0 Å². The summed E-state index contributed by atoms with van der Waals surface area (Å²) in [7, 11) is 5.72. The quantitative estimate of drug-likeness (QED) is 0.861. The van der Waals surface area contributed by atoms with E-state index in [1.54, 1.807) is 12.1 Å². The summed E-state index contributed by atoms with van der Waals surface area (Å²) in [4.78, 5) is 11.7. The summed E-state index contributed by atoms with van der Waals surface area (Å²) < 4.78 is 21.1. The predicted octanol–water partition coefficient (Wildman–Crippen LogP) is 2.96. The molecule has 1 N–H and O–H groups in total. The van der Waals surface area contributed by atoms with Crippen molar-refractivity contribution in [1.82, 2.24) is 0 Å². The van der Waals surface area contributed by atoms with Crippen molar-refractivity contribution >= 4 is 5.97 Å². The normalized spacial score (nSPS) is 9.88. The van der Waals surface area contributed by atoms with Crippen molar-refractivity contribution in [3.8, 4) is 40.2 Å². The zero-order valence-electron chi connectivity index (χ0n) is 14.2. The Bertz CT molecular complexity index is 854. The average molecular weight is 343 g/mol. The number of carboxylic acids is 1. The largest absolute Gasteiger partial charge is 0.497 e. The molecule has 0 saturated carbocycles. The van der Waals surface area contributed by atoms with E-state index in [-0.39, 0.29) is 22.6 Å². The third-order valence-electron chi connectivity index (χ3n) is 3.68. The Morgan fingerprint density at radius 2 is 1.68 bits per heavy atom. The van der Waals surface area contributed by atoms with E-state index in [0.29, 0.717) is 22.6 Å². The zero-order chi connectivity index (χ0) is 18.6. The molecule has 0 bridgehead atoms. The predicted molar refractivity (Wildman–Crippen MR) is 89.8 cm³/mol. The summed E-state index contributed by atoms with van der Waals surface area (Å²) in [6, 6.07) is 8.09. The molecule has 2 rings (SSSR count). The molecule has 0 heterocycles. The molecule has 0 atom stereocenters. The molecule has 7 nitrogen and oxygen atoms in total. The number of aromatic carboxylic acids is 1. The SMILES string of the molecule is COc1ccc(-c2c(C#N)cc(OC)c(OC)c2OC)c(C(=O)O)c1. The van der Waals surface area contributed by atoms with Gasteiger partial charge < -0.3 is 24.1 Å². The first kappa shape index (κ1) is 17.9. The standard InChI is InChI=1S/C18H17NO6/c1-22-11-5-6-12(13(8-11)18(20)21)15-10(9-19)7-14(23-2)16(24-3)17(15)25-4/h5-8H,1-4H3,(H,20,21). The molecule has 0 fully saturated rings. The van der Waals surface area contributed by atoms with Gasteiger partial charge in [0.1, 0.15) is 11.8 Å². The molecule has 2 aromatic rings. The van der Waals surface area contributed by atoms with Crippen LogP contribution in [0.3, 0.4) is 0 Å². The van der Waals surface area contributed by atoms with Crippen molar-refractivity contribution < 1.29 is 28.8 Å². The van der Waals surface area contributed by atoms with E-state index in [1.807, 2.05) is 6.07 Å². The number of methoxy groups -OCH3 is 4. The third-order valence-corrected chi connectivity index (χ3v) is 3.68. The minimum absolute atomic E-state index is 0.0265. The molecular formula is C18H17NO6. The minimum atomic E-state index is -1.16. The molecule has 25 heavy (non-hydrogen) atoms. The van der Waals surface area contributed by atoms with Crippen LogP contribution in [0.2, 0.25) is 0 Å². The molecule has 2 aromatic carbocycles. The van der Waals surface area contributed by atoms with Crippen LogP contribution in [0, 0.1) is 11.3 Å². The van der Waals surface area contributed by atoms with E-state index >= 15 is 0 Å². The van der Waals surface area contributed by atoms with E-state index < -0.39 is 5.97 Å². The topological polar surface area (TPSA) is 98.0 Å². The molecule has 0 radical (unpaired) electrons.